The van der Waals surface area contributed by atoms with Crippen molar-refractivity contribution >= 4 is 13.4 Å². The molecular weight excluding hydrogens is 357 g/mol. The van der Waals surface area contributed by atoms with E-state index in [4.69, 9.17) is 19.6 Å². The Labute approximate surface area is 152 Å². The number of anilines is 1. The van der Waals surface area contributed by atoms with Gasteiger partial charge < -0.3 is 24.6 Å². The number of hydrogen-bond acceptors (Lipinski definition) is 6. The molecule has 0 spiro atoms. The molecule has 9 heteroatoms. The third-order valence-corrected chi connectivity index (χ3v) is 5.81. The van der Waals surface area contributed by atoms with Crippen LogP contribution < -0.4 is 16.3 Å². The van der Waals surface area contributed by atoms with Crippen molar-refractivity contribution in [3.63, 3.8) is 0 Å². The van der Waals surface area contributed by atoms with E-state index in [-0.39, 0.29) is 38.2 Å². The van der Waals surface area contributed by atoms with Gasteiger partial charge in [0.25, 0.3) is 0 Å². The number of rotatable bonds is 10. The Hall–Kier alpha value is -2.02. The highest BCUT2D eigenvalue weighted by molar-refractivity contribution is 7.53. The maximum atomic E-state index is 12.5. The fraction of sp³-hybridized carbons (Fsp3) is 0.471. The highest BCUT2D eigenvalue weighted by Crippen LogP contribution is 2.48. The third kappa shape index (κ3) is 5.24. The number of imidazole rings is 1. The van der Waals surface area contributed by atoms with Crippen molar-refractivity contribution in [2.24, 2.45) is 0 Å². The van der Waals surface area contributed by atoms with Gasteiger partial charge in [-0.25, -0.2) is 4.79 Å². The van der Waals surface area contributed by atoms with E-state index < -0.39 is 13.3 Å². The molecule has 144 valence electrons. The largest absolute Gasteiger partial charge is 0.403 e. The van der Waals surface area contributed by atoms with E-state index in [2.05, 4.69) is 4.98 Å². The maximum Gasteiger partial charge on any atom is 0.360 e. The van der Waals surface area contributed by atoms with Gasteiger partial charge in [-0.1, -0.05) is 29.8 Å². The van der Waals surface area contributed by atoms with Crippen LogP contribution in [-0.2, 0) is 26.6 Å². The first-order valence-corrected chi connectivity index (χ1v) is 10.3. The molecule has 3 N–H and O–H groups in total. The summed E-state index contributed by atoms with van der Waals surface area (Å²) in [5.74, 6) is 0.154. The van der Waals surface area contributed by atoms with Crippen molar-refractivity contribution in [1.82, 2.24) is 9.71 Å². The van der Waals surface area contributed by atoms with Crippen molar-refractivity contribution in [3.05, 3.63) is 51.6 Å². The maximum absolute atomic E-state index is 12.5. The van der Waals surface area contributed by atoms with Crippen molar-refractivity contribution in [2.45, 2.75) is 33.8 Å². The van der Waals surface area contributed by atoms with Crippen LogP contribution in [0.4, 0.5) is 5.82 Å². The minimum absolute atomic E-state index is 0.122. The van der Waals surface area contributed by atoms with Gasteiger partial charge in [0.05, 0.1) is 25.1 Å². The Balaban J connectivity index is 2.05. The topological polar surface area (TPSA) is 109 Å². The quantitative estimate of drug-likeness (QED) is 0.610. The van der Waals surface area contributed by atoms with Gasteiger partial charge in [-0.2, -0.15) is 0 Å². The molecule has 0 amide bonds. The lowest BCUT2D eigenvalue weighted by atomic mass is 10.2. The van der Waals surface area contributed by atoms with E-state index in [0.29, 0.717) is 5.69 Å². The van der Waals surface area contributed by atoms with Gasteiger partial charge in [-0.3, -0.25) is 4.57 Å². The van der Waals surface area contributed by atoms with Gasteiger partial charge in [0.1, 0.15) is 6.61 Å². The molecule has 0 radical (unpaired) electrons. The molecule has 0 bridgehead atoms. The minimum Gasteiger partial charge on any atom is -0.403 e. The molecule has 0 saturated heterocycles. The lowest BCUT2D eigenvalue weighted by Gasteiger charge is -2.16. The van der Waals surface area contributed by atoms with Crippen LogP contribution in [0.2, 0.25) is 0 Å². The van der Waals surface area contributed by atoms with Crippen LogP contribution in [0.25, 0.3) is 0 Å². The van der Waals surface area contributed by atoms with E-state index in [0.717, 1.165) is 15.9 Å². The number of nitrogens with two attached hydrogens (primary N) is 1. The number of aryl methyl sites for hydroxylation is 2. The minimum atomic E-state index is -3.21. The zero-order chi connectivity index (χ0) is 19.2. The molecule has 0 unspecified atom stereocenters. The van der Waals surface area contributed by atoms with E-state index in [9.17, 15) is 9.36 Å². The SMILES string of the molecule is CCOP(=O)(CCc1[nH]c(=O)n(OCc2ccc(C)cc2)c1N)OCC. The summed E-state index contributed by atoms with van der Waals surface area (Å²) in [6, 6.07) is 7.77. The molecule has 0 atom stereocenters. The highest BCUT2D eigenvalue weighted by atomic mass is 31.2. The number of nitrogens with one attached hydrogen (secondary N) is 1. The lowest BCUT2D eigenvalue weighted by Crippen LogP contribution is -2.25. The van der Waals surface area contributed by atoms with Crippen LogP contribution in [0, 0.1) is 6.92 Å². The van der Waals surface area contributed by atoms with Crippen LogP contribution in [0.1, 0.15) is 30.7 Å². The number of aromatic amines is 1. The van der Waals surface area contributed by atoms with E-state index in [1.54, 1.807) is 13.8 Å². The predicted molar refractivity (Wildman–Crippen MR) is 100 cm³/mol. The standard InChI is InChI=1S/C17H26N3O5P/c1-4-24-26(22,25-5-2)11-10-15-16(18)20(17(21)19-15)23-12-14-8-6-13(3)7-9-14/h6-9H,4-5,10-12,18H2,1-3H3,(H,19,21). The lowest BCUT2D eigenvalue weighted by molar-refractivity contribution is 0.0944. The molecule has 1 aromatic heterocycles. The van der Waals surface area contributed by atoms with Gasteiger partial charge in [0.2, 0.25) is 0 Å². The summed E-state index contributed by atoms with van der Waals surface area (Å²) in [5.41, 5.74) is 8.03. The summed E-state index contributed by atoms with van der Waals surface area (Å²) in [5, 5.41) is 0. The Kier molecular flexibility index (Phi) is 7.08. The van der Waals surface area contributed by atoms with Crippen LogP contribution in [0.15, 0.2) is 29.1 Å². The van der Waals surface area contributed by atoms with Crippen molar-refractivity contribution in [3.8, 4) is 0 Å². The monoisotopic (exact) mass is 383 g/mol. The fourth-order valence-electron chi connectivity index (χ4n) is 2.43. The molecule has 26 heavy (non-hydrogen) atoms. The summed E-state index contributed by atoms with van der Waals surface area (Å²) in [7, 11) is -3.21. The van der Waals surface area contributed by atoms with Crippen LogP contribution in [0.5, 0.6) is 0 Å². The second-order valence-electron chi connectivity index (χ2n) is 5.77. The van der Waals surface area contributed by atoms with Crippen molar-refractivity contribution in [2.75, 3.05) is 25.1 Å². The summed E-state index contributed by atoms with van der Waals surface area (Å²) >= 11 is 0. The Morgan fingerprint density at radius 1 is 1.15 bits per heavy atom. The fourth-order valence-corrected chi connectivity index (χ4v) is 4.04. The molecule has 2 aromatic rings. The number of benzene rings is 1. The number of nitrogen functional groups attached to an aromatic ring is 1. The van der Waals surface area contributed by atoms with Gasteiger partial charge in [-0.05, 0) is 26.3 Å². The zero-order valence-electron chi connectivity index (χ0n) is 15.4. The number of aromatic nitrogens is 2. The van der Waals surface area contributed by atoms with Crippen LogP contribution in [-0.4, -0.2) is 29.1 Å². The average Bonchev–Trinajstić information content (AvgIpc) is 2.87. The zero-order valence-corrected chi connectivity index (χ0v) is 16.3. The normalized spacial score (nSPS) is 11.7. The molecule has 0 fully saturated rings. The Bertz CT molecular complexity index is 803. The molecule has 8 nitrogen and oxygen atoms in total. The Morgan fingerprint density at radius 3 is 2.35 bits per heavy atom. The van der Waals surface area contributed by atoms with E-state index in [1.165, 1.54) is 0 Å². The molecule has 0 aliphatic rings. The molecule has 2 rings (SSSR count). The first-order valence-electron chi connectivity index (χ1n) is 8.55. The first-order chi connectivity index (χ1) is 12.4. The molecule has 0 aliphatic heterocycles. The highest BCUT2D eigenvalue weighted by Gasteiger charge is 2.25. The summed E-state index contributed by atoms with van der Waals surface area (Å²) in [6.07, 6.45) is 0.371. The third-order valence-electron chi connectivity index (χ3n) is 3.74. The van der Waals surface area contributed by atoms with Gasteiger partial charge >= 0.3 is 13.3 Å². The average molecular weight is 383 g/mol. The number of nitrogens with zero attached hydrogens (tertiary/aromatic N) is 1. The smallest absolute Gasteiger partial charge is 0.360 e. The molecule has 0 aliphatic carbocycles. The predicted octanol–water partition coefficient (Wildman–Crippen LogP) is 2.50. The second-order valence-corrected chi connectivity index (χ2v) is 7.95. The summed E-state index contributed by atoms with van der Waals surface area (Å²) in [4.78, 5) is 20.2. The molecular formula is C17H26N3O5P. The van der Waals surface area contributed by atoms with Gasteiger partial charge in [-0.15, -0.1) is 4.73 Å². The Morgan fingerprint density at radius 2 is 1.77 bits per heavy atom. The molecule has 1 aromatic carbocycles. The first kappa shape index (κ1) is 20.3. The second kappa shape index (κ2) is 9.07. The van der Waals surface area contributed by atoms with Gasteiger partial charge in [0, 0.05) is 6.42 Å². The van der Waals surface area contributed by atoms with Crippen LogP contribution in [0.3, 0.4) is 0 Å². The summed E-state index contributed by atoms with van der Waals surface area (Å²) in [6.45, 7) is 6.26. The van der Waals surface area contributed by atoms with Crippen molar-refractivity contribution in [1.29, 1.82) is 0 Å². The van der Waals surface area contributed by atoms with E-state index in [1.807, 2.05) is 31.2 Å². The number of hydrogen-bond donors (Lipinski definition) is 2. The van der Waals surface area contributed by atoms with E-state index >= 15 is 0 Å². The number of H-pyrrole nitrogens is 1. The summed E-state index contributed by atoms with van der Waals surface area (Å²) < 4.78 is 24.0. The van der Waals surface area contributed by atoms with Crippen molar-refractivity contribution < 1.29 is 18.5 Å². The van der Waals surface area contributed by atoms with Crippen LogP contribution >= 0.6 is 7.60 Å². The van der Waals surface area contributed by atoms with Gasteiger partial charge in [0.15, 0.2) is 5.82 Å². The molecule has 0 saturated carbocycles. The molecule has 1 heterocycles.